The highest BCUT2D eigenvalue weighted by Crippen LogP contribution is 2.09. The molecule has 14 heavy (non-hydrogen) atoms. The second-order valence-corrected chi connectivity index (χ2v) is 4.97. The van der Waals surface area contributed by atoms with E-state index in [-0.39, 0.29) is 11.5 Å². The lowest BCUT2D eigenvalue weighted by molar-refractivity contribution is -0.965. The van der Waals surface area contributed by atoms with E-state index in [1.54, 1.807) is 0 Å². The van der Waals surface area contributed by atoms with Gasteiger partial charge < -0.3 is 4.90 Å². The van der Waals surface area contributed by atoms with Crippen LogP contribution in [0.15, 0.2) is 0 Å². The predicted molar refractivity (Wildman–Crippen MR) is 57.0 cm³/mol. The number of piperidine rings is 1. The van der Waals surface area contributed by atoms with E-state index in [2.05, 4.69) is 26.7 Å². The molecule has 0 aromatic heterocycles. The maximum atomic E-state index is 11.5. The van der Waals surface area contributed by atoms with E-state index >= 15 is 0 Å². The first-order chi connectivity index (χ1) is 6.38. The molecule has 2 heteroatoms. The molecular formula is C12H20NO+. The molecule has 0 amide bonds. The number of Topliss-reactive ketones (excluding diaryl/α,β-unsaturated/α-hetero) is 1. The zero-order chi connectivity index (χ0) is 10.9. The Morgan fingerprint density at radius 2 is 2.07 bits per heavy atom. The first-order valence-electron chi connectivity index (χ1n) is 5.25. The molecule has 0 bridgehead atoms. The second kappa shape index (κ2) is 3.74. The number of hydrogen-bond acceptors (Lipinski definition) is 1. The summed E-state index contributed by atoms with van der Waals surface area (Å²) in [6.45, 7) is 9.12. The molecule has 1 saturated heterocycles. The van der Waals surface area contributed by atoms with E-state index in [9.17, 15) is 4.79 Å². The van der Waals surface area contributed by atoms with E-state index in [1.807, 2.05) is 6.92 Å². The van der Waals surface area contributed by atoms with E-state index in [0.29, 0.717) is 18.2 Å². The minimum atomic E-state index is -0.158. The lowest BCUT2D eigenvalue weighted by Gasteiger charge is -2.40. The van der Waals surface area contributed by atoms with Gasteiger partial charge in [-0.15, -0.1) is 6.42 Å². The van der Waals surface area contributed by atoms with Gasteiger partial charge in [-0.25, -0.2) is 0 Å². The van der Waals surface area contributed by atoms with Crippen molar-refractivity contribution in [2.75, 3.05) is 6.54 Å². The zero-order valence-corrected chi connectivity index (χ0v) is 9.55. The van der Waals surface area contributed by atoms with Crippen LogP contribution in [0.1, 0.15) is 34.1 Å². The molecule has 2 nitrogen and oxygen atoms in total. The average Bonchev–Trinajstić information content (AvgIpc) is 2.11. The molecule has 1 aliphatic rings. The van der Waals surface area contributed by atoms with Gasteiger partial charge in [0.25, 0.3) is 0 Å². The smallest absolute Gasteiger partial charge is 0.153 e. The maximum Gasteiger partial charge on any atom is 0.153 e. The van der Waals surface area contributed by atoms with Gasteiger partial charge in [0, 0.05) is 13.8 Å². The second-order valence-electron chi connectivity index (χ2n) is 4.97. The third-order valence-electron chi connectivity index (χ3n) is 3.34. The number of terminal acetylenes is 1. The predicted octanol–water partition coefficient (Wildman–Crippen LogP) is 0.280. The third-order valence-corrected chi connectivity index (χ3v) is 3.34. The normalized spacial score (nSPS) is 33.9. The molecule has 0 aromatic rings. The number of carbonyl (C=O) groups excluding carboxylic acids is 1. The van der Waals surface area contributed by atoms with Gasteiger partial charge in [-0.3, -0.25) is 4.79 Å². The molecule has 1 N–H and O–H groups in total. The molecule has 0 aliphatic carbocycles. The fourth-order valence-electron chi connectivity index (χ4n) is 2.23. The first-order valence-corrected chi connectivity index (χ1v) is 5.25. The van der Waals surface area contributed by atoms with Crippen LogP contribution in [-0.4, -0.2) is 23.9 Å². The molecule has 3 atom stereocenters. The average molecular weight is 194 g/mol. The highest BCUT2D eigenvalue weighted by atomic mass is 16.1. The lowest BCUT2D eigenvalue weighted by atomic mass is 9.89. The van der Waals surface area contributed by atoms with Gasteiger partial charge in [0.05, 0.1) is 24.9 Å². The lowest BCUT2D eigenvalue weighted by Crippen LogP contribution is -3.23. The Hall–Kier alpha value is -0.810. The fourth-order valence-corrected chi connectivity index (χ4v) is 2.23. The van der Waals surface area contributed by atoms with Gasteiger partial charge in [0.15, 0.2) is 5.54 Å². The molecule has 1 rings (SSSR count). The molecule has 78 valence electrons. The summed E-state index contributed by atoms with van der Waals surface area (Å²) in [5.41, 5.74) is -0.158. The zero-order valence-electron chi connectivity index (χ0n) is 9.55. The van der Waals surface area contributed by atoms with Crippen LogP contribution in [0.2, 0.25) is 0 Å². The quantitative estimate of drug-likeness (QED) is 0.595. The summed E-state index contributed by atoms with van der Waals surface area (Å²) < 4.78 is 0. The minimum absolute atomic E-state index is 0.158. The van der Waals surface area contributed by atoms with Crippen molar-refractivity contribution in [2.45, 2.75) is 45.7 Å². The minimum Gasteiger partial charge on any atom is -0.317 e. The molecule has 0 radical (unpaired) electrons. The van der Waals surface area contributed by atoms with Gasteiger partial charge in [0.2, 0.25) is 0 Å². The SMILES string of the molecule is C#CC(C)(C)[NH+]1C[C@@H](C)C(=O)C[C@@H]1C. The Morgan fingerprint density at radius 3 is 2.57 bits per heavy atom. The Bertz CT molecular complexity index is 275. The van der Waals surface area contributed by atoms with Crippen molar-refractivity contribution < 1.29 is 9.69 Å². The molecule has 1 fully saturated rings. The number of nitrogens with one attached hydrogen (secondary N) is 1. The van der Waals surface area contributed by atoms with Gasteiger partial charge in [-0.1, -0.05) is 6.92 Å². The van der Waals surface area contributed by atoms with Crippen LogP contribution in [0.25, 0.3) is 0 Å². The summed E-state index contributed by atoms with van der Waals surface area (Å²) >= 11 is 0. The molecular weight excluding hydrogens is 174 g/mol. The largest absolute Gasteiger partial charge is 0.317 e. The van der Waals surface area contributed by atoms with Crippen LogP contribution in [0, 0.1) is 18.3 Å². The van der Waals surface area contributed by atoms with Crippen molar-refractivity contribution in [2.24, 2.45) is 5.92 Å². The number of likely N-dealkylation sites (tertiary alicyclic amines) is 1. The first kappa shape index (κ1) is 11.3. The van der Waals surface area contributed by atoms with Crippen molar-refractivity contribution in [3.05, 3.63) is 0 Å². The van der Waals surface area contributed by atoms with Crippen LogP contribution < -0.4 is 4.90 Å². The number of rotatable bonds is 1. The summed E-state index contributed by atoms with van der Waals surface area (Å²) in [6.07, 6.45) is 6.19. The topological polar surface area (TPSA) is 21.5 Å². The van der Waals surface area contributed by atoms with Crippen molar-refractivity contribution in [1.29, 1.82) is 0 Å². The van der Waals surface area contributed by atoms with E-state index in [0.717, 1.165) is 6.54 Å². The molecule has 0 spiro atoms. The van der Waals surface area contributed by atoms with Crippen molar-refractivity contribution >= 4 is 5.78 Å². The number of hydrogen-bond donors (Lipinski definition) is 1. The van der Waals surface area contributed by atoms with Gasteiger partial charge in [0.1, 0.15) is 5.78 Å². The number of quaternary nitrogens is 1. The molecule has 1 heterocycles. The van der Waals surface area contributed by atoms with Crippen LogP contribution in [0.3, 0.4) is 0 Å². The Balaban J connectivity index is 2.82. The van der Waals surface area contributed by atoms with Crippen molar-refractivity contribution in [1.82, 2.24) is 0 Å². The van der Waals surface area contributed by atoms with Crippen LogP contribution in [-0.2, 0) is 4.79 Å². The highest BCUT2D eigenvalue weighted by Gasteiger charge is 2.40. The maximum absolute atomic E-state index is 11.5. The van der Waals surface area contributed by atoms with Crippen LogP contribution >= 0.6 is 0 Å². The molecule has 1 aliphatic heterocycles. The Labute approximate surface area is 86.7 Å². The van der Waals surface area contributed by atoms with Gasteiger partial charge in [-0.05, 0) is 12.8 Å². The molecule has 0 aromatic carbocycles. The summed E-state index contributed by atoms with van der Waals surface area (Å²) in [6, 6.07) is 0.352. The highest BCUT2D eigenvalue weighted by molar-refractivity contribution is 5.81. The number of carbonyl (C=O) groups is 1. The van der Waals surface area contributed by atoms with E-state index < -0.39 is 0 Å². The summed E-state index contributed by atoms with van der Waals surface area (Å²) in [7, 11) is 0. The van der Waals surface area contributed by atoms with Crippen LogP contribution in [0.4, 0.5) is 0 Å². The summed E-state index contributed by atoms with van der Waals surface area (Å²) in [4.78, 5) is 12.9. The molecule has 0 saturated carbocycles. The summed E-state index contributed by atoms with van der Waals surface area (Å²) in [5, 5.41) is 0. The fraction of sp³-hybridized carbons (Fsp3) is 0.750. The Morgan fingerprint density at radius 1 is 1.50 bits per heavy atom. The molecule has 1 unspecified atom stereocenters. The number of ketones is 1. The standard InChI is InChI=1S/C12H19NO/c1-6-12(4,5)13-8-9(2)11(14)7-10(13)3/h1,9-10H,7-8H2,2-5H3/p+1/t9-,10+/m1/s1. The third kappa shape index (κ3) is 1.99. The van der Waals surface area contributed by atoms with Crippen molar-refractivity contribution in [3.63, 3.8) is 0 Å². The monoisotopic (exact) mass is 194 g/mol. The van der Waals surface area contributed by atoms with E-state index in [1.165, 1.54) is 4.90 Å². The van der Waals surface area contributed by atoms with Gasteiger partial charge >= 0.3 is 0 Å². The van der Waals surface area contributed by atoms with E-state index in [4.69, 9.17) is 6.42 Å². The Kier molecular flexibility index (Phi) is 3.01. The van der Waals surface area contributed by atoms with Crippen LogP contribution in [0.5, 0.6) is 0 Å². The van der Waals surface area contributed by atoms with Crippen molar-refractivity contribution in [3.8, 4) is 12.3 Å². The van der Waals surface area contributed by atoms with Gasteiger partial charge in [-0.2, -0.15) is 0 Å². The summed E-state index contributed by atoms with van der Waals surface area (Å²) in [5.74, 6) is 3.37.